The second kappa shape index (κ2) is 5.61. The Labute approximate surface area is 129 Å². The monoisotopic (exact) mass is 327 g/mol. The molecule has 0 saturated carbocycles. The maximum atomic E-state index is 5.99. The van der Waals surface area contributed by atoms with Crippen LogP contribution in [0.3, 0.4) is 0 Å². The molecule has 20 heavy (non-hydrogen) atoms. The highest BCUT2D eigenvalue weighted by Crippen LogP contribution is 2.31. The number of rotatable bonds is 4. The van der Waals surface area contributed by atoms with E-state index in [0.29, 0.717) is 28.2 Å². The second-order valence-electron chi connectivity index (χ2n) is 4.13. The van der Waals surface area contributed by atoms with Gasteiger partial charge in [0.1, 0.15) is 11.4 Å². The van der Waals surface area contributed by atoms with Crippen LogP contribution >= 0.6 is 34.5 Å². The Morgan fingerprint density at radius 3 is 2.95 bits per heavy atom. The molecule has 0 aliphatic rings. The lowest BCUT2D eigenvalue weighted by atomic mass is 10.3. The summed E-state index contributed by atoms with van der Waals surface area (Å²) in [7, 11) is 1.88. The van der Waals surface area contributed by atoms with E-state index in [4.69, 9.17) is 27.9 Å². The Bertz CT molecular complexity index is 753. The van der Waals surface area contributed by atoms with Crippen LogP contribution < -0.4 is 10.1 Å². The molecule has 3 aromatic rings. The van der Waals surface area contributed by atoms with Crippen molar-refractivity contribution in [1.82, 2.24) is 14.7 Å². The summed E-state index contributed by atoms with van der Waals surface area (Å²) in [5, 5.41) is 6.06. The summed E-state index contributed by atoms with van der Waals surface area (Å²) in [6, 6.07) is 5.15. The van der Waals surface area contributed by atoms with E-state index in [1.54, 1.807) is 29.5 Å². The van der Waals surface area contributed by atoms with Gasteiger partial charge in [0, 0.05) is 24.2 Å². The van der Waals surface area contributed by atoms with Gasteiger partial charge in [0.2, 0.25) is 5.88 Å². The summed E-state index contributed by atoms with van der Waals surface area (Å²) >= 11 is 13.4. The van der Waals surface area contributed by atoms with E-state index in [1.165, 1.54) is 0 Å². The van der Waals surface area contributed by atoms with Crippen molar-refractivity contribution < 1.29 is 4.74 Å². The van der Waals surface area contributed by atoms with E-state index in [1.807, 2.05) is 23.0 Å². The Balaban J connectivity index is 1.98. The number of thiazole rings is 1. The minimum Gasteiger partial charge on any atom is -0.437 e. The van der Waals surface area contributed by atoms with Gasteiger partial charge >= 0.3 is 0 Å². The zero-order valence-corrected chi connectivity index (χ0v) is 12.9. The van der Waals surface area contributed by atoms with Crippen LogP contribution in [-0.4, -0.2) is 16.4 Å². The summed E-state index contributed by atoms with van der Waals surface area (Å²) in [5.74, 6) is 1.19. The van der Waals surface area contributed by atoms with Crippen LogP contribution in [0.1, 0.15) is 5.69 Å². The molecule has 104 valence electrons. The second-order valence-corrected chi connectivity index (χ2v) is 5.81. The molecular formula is C13H11Cl2N3OS. The van der Waals surface area contributed by atoms with Crippen molar-refractivity contribution >= 4 is 39.5 Å². The highest BCUT2D eigenvalue weighted by atomic mass is 35.5. The van der Waals surface area contributed by atoms with Crippen molar-refractivity contribution in [3.8, 4) is 11.6 Å². The van der Waals surface area contributed by atoms with Crippen LogP contribution in [-0.2, 0) is 6.54 Å². The van der Waals surface area contributed by atoms with Gasteiger partial charge < -0.3 is 10.1 Å². The first-order chi connectivity index (χ1) is 9.69. The van der Waals surface area contributed by atoms with E-state index in [-0.39, 0.29) is 0 Å². The predicted molar refractivity (Wildman–Crippen MR) is 82.4 cm³/mol. The van der Waals surface area contributed by atoms with Gasteiger partial charge in [0.05, 0.1) is 10.0 Å². The Morgan fingerprint density at radius 1 is 1.35 bits per heavy atom. The number of hydrogen-bond donors (Lipinski definition) is 1. The minimum absolute atomic E-state index is 0.459. The zero-order chi connectivity index (χ0) is 14.1. The van der Waals surface area contributed by atoms with Gasteiger partial charge in [-0.05, 0) is 19.2 Å². The zero-order valence-electron chi connectivity index (χ0n) is 10.6. The molecule has 1 aromatic carbocycles. The highest BCUT2D eigenvalue weighted by molar-refractivity contribution is 7.15. The third kappa shape index (κ3) is 2.50. The van der Waals surface area contributed by atoms with Gasteiger partial charge in [-0.25, -0.2) is 0 Å². The van der Waals surface area contributed by atoms with Crippen LogP contribution in [0.4, 0.5) is 0 Å². The third-order valence-electron chi connectivity index (χ3n) is 2.77. The van der Waals surface area contributed by atoms with Crippen molar-refractivity contribution in [3.05, 3.63) is 45.5 Å². The van der Waals surface area contributed by atoms with Crippen molar-refractivity contribution in [3.63, 3.8) is 0 Å². The van der Waals surface area contributed by atoms with E-state index in [0.717, 1.165) is 10.7 Å². The molecule has 1 N–H and O–H groups in total. The molecule has 0 saturated heterocycles. The molecule has 4 nitrogen and oxygen atoms in total. The maximum absolute atomic E-state index is 5.99. The molecule has 2 heterocycles. The molecule has 0 bridgehead atoms. The van der Waals surface area contributed by atoms with Crippen LogP contribution in [0.5, 0.6) is 11.6 Å². The first kappa shape index (κ1) is 13.7. The fourth-order valence-electron chi connectivity index (χ4n) is 1.87. The number of benzene rings is 1. The Kier molecular flexibility index (Phi) is 3.85. The third-order valence-corrected chi connectivity index (χ3v) is 4.27. The van der Waals surface area contributed by atoms with Gasteiger partial charge in [0.25, 0.3) is 0 Å². The van der Waals surface area contributed by atoms with Crippen LogP contribution in [0.15, 0.2) is 29.8 Å². The topological polar surface area (TPSA) is 38.6 Å². The van der Waals surface area contributed by atoms with Crippen LogP contribution in [0, 0.1) is 0 Å². The van der Waals surface area contributed by atoms with Gasteiger partial charge in [0.15, 0.2) is 4.96 Å². The maximum Gasteiger partial charge on any atom is 0.243 e. The number of hydrogen-bond acceptors (Lipinski definition) is 4. The Morgan fingerprint density at radius 2 is 2.20 bits per heavy atom. The standard InChI is InChI=1S/C13H11Cl2N3OS/c1-16-7-11-12(17-13-18(11)4-5-20-13)19-8-2-3-9(14)10(15)6-8/h2-6,16H,7H2,1H3. The molecule has 0 amide bonds. The molecule has 2 aromatic heterocycles. The molecular weight excluding hydrogens is 317 g/mol. The van der Waals surface area contributed by atoms with Gasteiger partial charge in [-0.3, -0.25) is 4.40 Å². The van der Waals surface area contributed by atoms with Crippen molar-refractivity contribution in [2.24, 2.45) is 0 Å². The first-order valence-electron chi connectivity index (χ1n) is 5.91. The fourth-order valence-corrected chi connectivity index (χ4v) is 2.89. The van der Waals surface area contributed by atoms with Crippen molar-refractivity contribution in [1.29, 1.82) is 0 Å². The average molecular weight is 328 g/mol. The van der Waals surface area contributed by atoms with E-state index in [9.17, 15) is 0 Å². The summed E-state index contributed by atoms with van der Waals surface area (Å²) in [5.41, 5.74) is 0.967. The van der Waals surface area contributed by atoms with Gasteiger partial charge in [-0.1, -0.05) is 23.2 Å². The Hall–Kier alpha value is -1.27. The van der Waals surface area contributed by atoms with Crippen LogP contribution in [0.2, 0.25) is 10.0 Å². The highest BCUT2D eigenvalue weighted by Gasteiger charge is 2.15. The molecule has 7 heteroatoms. The summed E-state index contributed by atoms with van der Waals surface area (Å²) < 4.78 is 7.84. The molecule has 0 radical (unpaired) electrons. The smallest absolute Gasteiger partial charge is 0.243 e. The molecule has 0 spiro atoms. The number of aromatic nitrogens is 2. The number of nitrogens with one attached hydrogen (secondary N) is 1. The first-order valence-corrected chi connectivity index (χ1v) is 7.54. The predicted octanol–water partition coefficient (Wildman–Crippen LogP) is 4.21. The van der Waals surface area contributed by atoms with E-state index >= 15 is 0 Å². The largest absolute Gasteiger partial charge is 0.437 e. The number of nitrogens with zero attached hydrogens (tertiary/aromatic N) is 2. The summed E-state index contributed by atoms with van der Waals surface area (Å²) in [6.07, 6.45) is 1.97. The SMILES string of the molecule is CNCc1c(Oc2ccc(Cl)c(Cl)c2)nc2sccn12. The summed E-state index contributed by atoms with van der Waals surface area (Å²) in [4.78, 5) is 5.38. The lowest BCUT2D eigenvalue weighted by Gasteiger charge is -2.06. The summed E-state index contributed by atoms with van der Waals surface area (Å²) in [6.45, 7) is 0.661. The fraction of sp³-hybridized carbons (Fsp3) is 0.154. The minimum atomic E-state index is 0.459. The van der Waals surface area contributed by atoms with E-state index in [2.05, 4.69) is 10.3 Å². The molecule has 3 rings (SSSR count). The van der Waals surface area contributed by atoms with Crippen molar-refractivity contribution in [2.75, 3.05) is 7.05 Å². The average Bonchev–Trinajstić information content (AvgIpc) is 2.98. The van der Waals surface area contributed by atoms with Gasteiger partial charge in [-0.15, -0.1) is 11.3 Å². The molecule has 0 aliphatic carbocycles. The molecule has 0 atom stereocenters. The van der Waals surface area contributed by atoms with Crippen molar-refractivity contribution in [2.45, 2.75) is 6.54 Å². The van der Waals surface area contributed by atoms with Crippen LogP contribution in [0.25, 0.3) is 4.96 Å². The number of fused-ring (bicyclic) bond motifs is 1. The van der Waals surface area contributed by atoms with Gasteiger partial charge in [-0.2, -0.15) is 4.98 Å². The lowest BCUT2D eigenvalue weighted by molar-refractivity contribution is 0.457. The number of ether oxygens (including phenoxy) is 1. The quantitative estimate of drug-likeness (QED) is 0.779. The number of imidazole rings is 1. The number of halogens is 2. The normalized spacial score (nSPS) is 11.2. The molecule has 0 unspecified atom stereocenters. The molecule has 0 aliphatic heterocycles. The molecule has 0 fully saturated rings. The van der Waals surface area contributed by atoms with E-state index < -0.39 is 0 Å². The lowest BCUT2D eigenvalue weighted by Crippen LogP contribution is -2.08.